The predicted molar refractivity (Wildman–Crippen MR) is 106 cm³/mol. The van der Waals surface area contributed by atoms with Gasteiger partial charge < -0.3 is 4.42 Å². The minimum atomic E-state index is -3.65. The third-order valence-electron chi connectivity index (χ3n) is 4.30. The Labute approximate surface area is 157 Å². The number of fused-ring (bicyclic) bond motifs is 1. The molecular formula is C21H18N2O3S. The van der Waals surface area contributed by atoms with Crippen LogP contribution in [0.2, 0.25) is 0 Å². The van der Waals surface area contributed by atoms with Crippen LogP contribution in [0.5, 0.6) is 0 Å². The molecule has 0 spiro atoms. The molecule has 0 atom stereocenters. The van der Waals surface area contributed by atoms with Crippen molar-refractivity contribution in [3.05, 3.63) is 78.4 Å². The van der Waals surface area contributed by atoms with Crippen LogP contribution in [0.4, 0.5) is 5.69 Å². The van der Waals surface area contributed by atoms with E-state index >= 15 is 0 Å². The van der Waals surface area contributed by atoms with Crippen LogP contribution in [-0.4, -0.2) is 13.4 Å². The summed E-state index contributed by atoms with van der Waals surface area (Å²) in [6.07, 6.45) is 0.971. The molecule has 0 fully saturated rings. The van der Waals surface area contributed by atoms with Gasteiger partial charge in [0, 0.05) is 11.6 Å². The minimum absolute atomic E-state index is 0.208. The Morgan fingerprint density at radius 1 is 0.963 bits per heavy atom. The van der Waals surface area contributed by atoms with Crippen molar-refractivity contribution < 1.29 is 12.8 Å². The number of nitrogens with zero attached hydrogens (tertiary/aromatic N) is 1. The molecule has 0 amide bonds. The van der Waals surface area contributed by atoms with Crippen molar-refractivity contribution in [2.75, 3.05) is 4.72 Å². The summed E-state index contributed by atoms with van der Waals surface area (Å²) in [4.78, 5) is 4.70. The van der Waals surface area contributed by atoms with Gasteiger partial charge in [-0.1, -0.05) is 37.3 Å². The molecule has 1 N–H and O–H groups in total. The molecule has 0 aliphatic carbocycles. The van der Waals surface area contributed by atoms with Gasteiger partial charge in [-0.2, -0.15) is 0 Å². The molecule has 4 rings (SSSR count). The van der Waals surface area contributed by atoms with Crippen LogP contribution in [0, 0.1) is 0 Å². The maximum Gasteiger partial charge on any atom is 0.261 e. The Morgan fingerprint density at radius 3 is 2.41 bits per heavy atom. The van der Waals surface area contributed by atoms with Gasteiger partial charge in [0.1, 0.15) is 5.52 Å². The molecule has 5 nitrogen and oxygen atoms in total. The normalized spacial score (nSPS) is 11.6. The number of sulfonamides is 1. The highest BCUT2D eigenvalue weighted by molar-refractivity contribution is 7.92. The molecule has 0 saturated carbocycles. The third-order valence-corrected chi connectivity index (χ3v) is 5.70. The number of benzene rings is 3. The summed E-state index contributed by atoms with van der Waals surface area (Å²) in [5.41, 5.74) is 3.75. The quantitative estimate of drug-likeness (QED) is 0.538. The average molecular weight is 378 g/mol. The lowest BCUT2D eigenvalue weighted by atomic mass is 10.1. The van der Waals surface area contributed by atoms with Crippen LogP contribution >= 0.6 is 0 Å². The fourth-order valence-electron chi connectivity index (χ4n) is 2.81. The van der Waals surface area contributed by atoms with Gasteiger partial charge in [-0.15, -0.1) is 0 Å². The Hall–Kier alpha value is -3.12. The summed E-state index contributed by atoms with van der Waals surface area (Å²) in [5, 5.41) is 0. The standard InChI is InChI=1S/C21H18N2O3S/c1-2-15-8-10-16(11-9-15)21-22-19-13-12-17(14-20(19)26-21)23-27(24,25)18-6-4-3-5-7-18/h3-14,23H,2H2,1H3. The van der Waals surface area contributed by atoms with E-state index < -0.39 is 10.0 Å². The molecule has 3 aromatic carbocycles. The first-order valence-electron chi connectivity index (χ1n) is 8.63. The Kier molecular flexibility index (Phi) is 4.41. The van der Waals surface area contributed by atoms with Gasteiger partial charge in [0.25, 0.3) is 10.0 Å². The summed E-state index contributed by atoms with van der Waals surface area (Å²) in [5.74, 6) is 0.510. The van der Waals surface area contributed by atoms with Crippen LogP contribution in [0.1, 0.15) is 12.5 Å². The van der Waals surface area contributed by atoms with E-state index in [2.05, 4.69) is 16.6 Å². The van der Waals surface area contributed by atoms with Gasteiger partial charge in [0.2, 0.25) is 5.89 Å². The minimum Gasteiger partial charge on any atom is -0.436 e. The lowest BCUT2D eigenvalue weighted by molar-refractivity contribution is 0.601. The molecule has 6 heteroatoms. The van der Waals surface area contributed by atoms with E-state index in [1.807, 2.05) is 24.3 Å². The van der Waals surface area contributed by atoms with Crippen molar-refractivity contribution in [2.24, 2.45) is 0 Å². The van der Waals surface area contributed by atoms with Crippen LogP contribution in [0.3, 0.4) is 0 Å². The van der Waals surface area contributed by atoms with Gasteiger partial charge in [-0.05, 0) is 48.4 Å². The van der Waals surface area contributed by atoms with Gasteiger partial charge >= 0.3 is 0 Å². The van der Waals surface area contributed by atoms with E-state index in [1.54, 1.807) is 48.5 Å². The second-order valence-corrected chi connectivity index (χ2v) is 7.85. The third kappa shape index (κ3) is 3.57. The summed E-state index contributed by atoms with van der Waals surface area (Å²) >= 11 is 0. The molecule has 0 saturated heterocycles. The zero-order valence-electron chi connectivity index (χ0n) is 14.7. The van der Waals surface area contributed by atoms with E-state index in [0.717, 1.165) is 12.0 Å². The SMILES string of the molecule is CCc1ccc(-c2nc3ccc(NS(=O)(=O)c4ccccc4)cc3o2)cc1. The van der Waals surface area contributed by atoms with E-state index in [9.17, 15) is 8.42 Å². The fourth-order valence-corrected chi connectivity index (χ4v) is 3.88. The van der Waals surface area contributed by atoms with Gasteiger partial charge in [-0.3, -0.25) is 4.72 Å². The number of nitrogens with one attached hydrogen (secondary N) is 1. The fraction of sp³-hybridized carbons (Fsp3) is 0.0952. The van der Waals surface area contributed by atoms with Crippen molar-refractivity contribution in [3.8, 4) is 11.5 Å². The van der Waals surface area contributed by atoms with Crippen molar-refractivity contribution >= 4 is 26.8 Å². The van der Waals surface area contributed by atoms with Gasteiger partial charge in [0.05, 0.1) is 10.6 Å². The Morgan fingerprint density at radius 2 is 1.70 bits per heavy atom. The first kappa shape index (κ1) is 17.3. The van der Waals surface area contributed by atoms with E-state index in [4.69, 9.17) is 4.42 Å². The van der Waals surface area contributed by atoms with Crippen molar-refractivity contribution in [2.45, 2.75) is 18.2 Å². The number of hydrogen-bond donors (Lipinski definition) is 1. The van der Waals surface area contributed by atoms with Crippen molar-refractivity contribution in [3.63, 3.8) is 0 Å². The first-order chi connectivity index (χ1) is 13.0. The Bertz CT molecular complexity index is 1180. The number of anilines is 1. The molecule has 1 heterocycles. The van der Waals surface area contributed by atoms with Crippen LogP contribution in [0.15, 0.2) is 82.1 Å². The lowest BCUT2D eigenvalue weighted by Crippen LogP contribution is -2.12. The number of aromatic nitrogens is 1. The van der Waals surface area contributed by atoms with Crippen LogP contribution in [0.25, 0.3) is 22.6 Å². The summed E-state index contributed by atoms with van der Waals surface area (Å²) in [6, 6.07) is 21.3. The zero-order chi connectivity index (χ0) is 18.9. The molecule has 0 bridgehead atoms. The number of rotatable bonds is 5. The zero-order valence-corrected chi connectivity index (χ0v) is 15.5. The first-order valence-corrected chi connectivity index (χ1v) is 10.1. The monoisotopic (exact) mass is 378 g/mol. The van der Waals surface area contributed by atoms with Crippen molar-refractivity contribution in [1.82, 2.24) is 4.98 Å². The highest BCUT2D eigenvalue weighted by Crippen LogP contribution is 2.27. The van der Waals surface area contributed by atoms with E-state index in [0.29, 0.717) is 22.7 Å². The summed E-state index contributed by atoms with van der Waals surface area (Å²) in [6.45, 7) is 2.10. The molecule has 1 aromatic heterocycles. The molecule has 136 valence electrons. The number of oxazole rings is 1. The highest BCUT2D eigenvalue weighted by Gasteiger charge is 2.15. The second-order valence-electron chi connectivity index (χ2n) is 6.17. The maximum absolute atomic E-state index is 12.5. The number of hydrogen-bond acceptors (Lipinski definition) is 4. The van der Waals surface area contributed by atoms with Gasteiger partial charge in [0.15, 0.2) is 5.58 Å². The number of aryl methyl sites for hydroxylation is 1. The van der Waals surface area contributed by atoms with E-state index in [1.165, 1.54) is 5.56 Å². The second kappa shape index (κ2) is 6.89. The smallest absolute Gasteiger partial charge is 0.261 e. The van der Waals surface area contributed by atoms with Gasteiger partial charge in [-0.25, -0.2) is 13.4 Å². The van der Waals surface area contributed by atoms with Crippen molar-refractivity contribution in [1.29, 1.82) is 0 Å². The molecule has 0 unspecified atom stereocenters. The van der Waals surface area contributed by atoms with E-state index in [-0.39, 0.29) is 4.90 Å². The van der Waals surface area contributed by atoms with Crippen LogP contribution < -0.4 is 4.72 Å². The Balaban J connectivity index is 1.64. The molecule has 0 aliphatic rings. The van der Waals surface area contributed by atoms with Crippen LogP contribution in [-0.2, 0) is 16.4 Å². The largest absolute Gasteiger partial charge is 0.436 e. The molecule has 4 aromatic rings. The molecule has 0 aliphatic heterocycles. The summed E-state index contributed by atoms with van der Waals surface area (Å²) < 4.78 is 33.4. The molecule has 27 heavy (non-hydrogen) atoms. The maximum atomic E-state index is 12.5. The molecular weight excluding hydrogens is 360 g/mol. The average Bonchev–Trinajstić information content (AvgIpc) is 3.12. The lowest BCUT2D eigenvalue weighted by Gasteiger charge is -2.07. The summed E-state index contributed by atoms with van der Waals surface area (Å²) in [7, 11) is -3.65. The topological polar surface area (TPSA) is 72.2 Å². The highest BCUT2D eigenvalue weighted by atomic mass is 32.2. The predicted octanol–water partition coefficient (Wildman–Crippen LogP) is 4.86. The molecule has 0 radical (unpaired) electrons.